The molecule has 0 aromatic heterocycles. The van der Waals surface area contributed by atoms with Gasteiger partial charge in [-0.3, -0.25) is 10.7 Å². The van der Waals surface area contributed by atoms with Crippen molar-refractivity contribution in [2.45, 2.75) is 19.4 Å². The molecule has 1 aliphatic heterocycles. The van der Waals surface area contributed by atoms with Crippen LogP contribution in [0.25, 0.3) is 10.8 Å². The Morgan fingerprint density at radius 3 is 2.68 bits per heavy atom. The molecule has 0 radical (unpaired) electrons. The summed E-state index contributed by atoms with van der Waals surface area (Å²) >= 11 is 0. The fourth-order valence-electron chi connectivity index (χ4n) is 3.16. The molecule has 3 rings (SSSR count). The Bertz CT molecular complexity index is 734. The van der Waals surface area contributed by atoms with E-state index in [1.54, 1.807) is 0 Å². The van der Waals surface area contributed by atoms with Crippen molar-refractivity contribution in [1.29, 1.82) is 5.41 Å². The van der Waals surface area contributed by atoms with Crippen LogP contribution in [0.3, 0.4) is 0 Å². The Morgan fingerprint density at radius 2 is 1.84 bits per heavy atom. The van der Waals surface area contributed by atoms with E-state index >= 15 is 0 Å². The molecule has 0 saturated carbocycles. The van der Waals surface area contributed by atoms with E-state index in [1.165, 1.54) is 5.39 Å². The number of hydrogen-bond donors (Lipinski definition) is 5. The summed E-state index contributed by atoms with van der Waals surface area (Å²) in [7, 11) is 0. The van der Waals surface area contributed by atoms with Crippen molar-refractivity contribution >= 4 is 22.8 Å². The van der Waals surface area contributed by atoms with Crippen LogP contribution >= 0.6 is 0 Å². The van der Waals surface area contributed by atoms with Crippen molar-refractivity contribution in [1.82, 2.24) is 21.3 Å². The molecule has 0 aliphatic carbocycles. The number of guanidine groups is 1. The standard InChI is InChI=1S/C19H25N5O/c20-18(24-19(25)23-12-14-8-10-21-11-9-14)22-13-16-6-3-5-15-4-1-2-7-17(15)16/h1-7,14,21H,8-13H2,(H4,20,22,23,24,25). The van der Waals surface area contributed by atoms with E-state index in [2.05, 4.69) is 39.5 Å². The predicted octanol–water partition coefficient (Wildman–Crippen LogP) is 2.16. The monoisotopic (exact) mass is 339 g/mol. The molecule has 2 amide bonds. The van der Waals surface area contributed by atoms with Gasteiger partial charge < -0.3 is 16.0 Å². The average Bonchev–Trinajstić information content (AvgIpc) is 2.65. The van der Waals surface area contributed by atoms with Gasteiger partial charge in [0.2, 0.25) is 0 Å². The smallest absolute Gasteiger partial charge is 0.321 e. The van der Waals surface area contributed by atoms with Gasteiger partial charge in [0.15, 0.2) is 5.96 Å². The van der Waals surface area contributed by atoms with E-state index in [1.807, 2.05) is 24.3 Å². The minimum atomic E-state index is -0.325. The number of nitrogens with one attached hydrogen (secondary N) is 5. The highest BCUT2D eigenvalue weighted by molar-refractivity contribution is 5.94. The second-order valence-electron chi connectivity index (χ2n) is 6.40. The molecule has 25 heavy (non-hydrogen) atoms. The quantitative estimate of drug-likeness (QED) is 0.437. The van der Waals surface area contributed by atoms with Crippen LogP contribution in [-0.2, 0) is 6.54 Å². The molecule has 6 nitrogen and oxygen atoms in total. The molecule has 2 aromatic carbocycles. The van der Waals surface area contributed by atoms with Gasteiger partial charge in [0, 0.05) is 13.1 Å². The van der Waals surface area contributed by atoms with Gasteiger partial charge in [-0.15, -0.1) is 0 Å². The molecule has 0 spiro atoms. The molecule has 1 saturated heterocycles. The molecule has 5 N–H and O–H groups in total. The summed E-state index contributed by atoms with van der Waals surface area (Å²) in [6.07, 6.45) is 2.16. The number of piperidine rings is 1. The lowest BCUT2D eigenvalue weighted by Gasteiger charge is -2.22. The molecular formula is C19H25N5O. The van der Waals surface area contributed by atoms with Crippen LogP contribution in [0, 0.1) is 11.3 Å². The van der Waals surface area contributed by atoms with Crippen LogP contribution in [0.4, 0.5) is 4.79 Å². The Kier molecular flexibility index (Phi) is 5.85. The van der Waals surface area contributed by atoms with Crippen molar-refractivity contribution in [2.24, 2.45) is 5.92 Å². The van der Waals surface area contributed by atoms with Crippen molar-refractivity contribution in [3.8, 4) is 0 Å². The summed E-state index contributed by atoms with van der Waals surface area (Å²) in [6.45, 7) is 3.17. The van der Waals surface area contributed by atoms with E-state index in [9.17, 15) is 4.79 Å². The summed E-state index contributed by atoms with van der Waals surface area (Å²) in [4.78, 5) is 11.9. The molecule has 0 bridgehead atoms. The third-order valence-electron chi connectivity index (χ3n) is 4.58. The highest BCUT2D eigenvalue weighted by atomic mass is 16.2. The van der Waals surface area contributed by atoms with Crippen LogP contribution in [0.5, 0.6) is 0 Å². The van der Waals surface area contributed by atoms with Crippen molar-refractivity contribution in [3.05, 3.63) is 48.0 Å². The fourth-order valence-corrected chi connectivity index (χ4v) is 3.16. The molecule has 1 heterocycles. The summed E-state index contributed by atoms with van der Waals surface area (Å²) in [5, 5.41) is 21.9. The molecule has 1 fully saturated rings. The zero-order valence-electron chi connectivity index (χ0n) is 14.3. The normalized spacial score (nSPS) is 14.9. The highest BCUT2D eigenvalue weighted by Crippen LogP contribution is 2.18. The topological polar surface area (TPSA) is 89.0 Å². The minimum Gasteiger partial charge on any atom is -0.352 e. The van der Waals surface area contributed by atoms with Gasteiger partial charge in [0.25, 0.3) is 0 Å². The Balaban J connectivity index is 1.45. The second kappa shape index (κ2) is 8.48. The zero-order chi connectivity index (χ0) is 17.5. The van der Waals surface area contributed by atoms with E-state index in [0.29, 0.717) is 19.0 Å². The van der Waals surface area contributed by atoms with Gasteiger partial charge >= 0.3 is 6.03 Å². The van der Waals surface area contributed by atoms with E-state index in [0.717, 1.165) is 36.9 Å². The first kappa shape index (κ1) is 17.2. The number of benzene rings is 2. The summed E-state index contributed by atoms with van der Waals surface area (Å²) in [6, 6.07) is 13.9. The number of carbonyl (C=O) groups is 1. The van der Waals surface area contributed by atoms with Gasteiger partial charge in [-0.25, -0.2) is 4.79 Å². The Labute approximate surface area is 147 Å². The lowest BCUT2D eigenvalue weighted by molar-refractivity contribution is 0.241. The van der Waals surface area contributed by atoms with Crippen LogP contribution < -0.4 is 21.3 Å². The number of carbonyl (C=O) groups excluding carboxylic acids is 1. The average molecular weight is 339 g/mol. The lowest BCUT2D eigenvalue weighted by Crippen LogP contribution is -2.46. The molecule has 0 unspecified atom stereocenters. The van der Waals surface area contributed by atoms with Crippen LogP contribution in [0.15, 0.2) is 42.5 Å². The summed E-state index contributed by atoms with van der Waals surface area (Å²) < 4.78 is 0. The van der Waals surface area contributed by atoms with Crippen molar-refractivity contribution < 1.29 is 4.79 Å². The highest BCUT2D eigenvalue weighted by Gasteiger charge is 2.14. The number of urea groups is 1. The van der Waals surface area contributed by atoms with Crippen molar-refractivity contribution in [3.63, 3.8) is 0 Å². The van der Waals surface area contributed by atoms with Gasteiger partial charge in [-0.1, -0.05) is 42.5 Å². The number of hydrogen-bond acceptors (Lipinski definition) is 3. The van der Waals surface area contributed by atoms with Gasteiger partial charge in [-0.2, -0.15) is 0 Å². The predicted molar refractivity (Wildman–Crippen MR) is 101 cm³/mol. The zero-order valence-corrected chi connectivity index (χ0v) is 14.3. The molecule has 1 aliphatic rings. The Morgan fingerprint density at radius 1 is 1.08 bits per heavy atom. The molecule has 132 valence electrons. The number of rotatable bonds is 4. The first-order valence-electron chi connectivity index (χ1n) is 8.77. The minimum absolute atomic E-state index is 0.00995. The van der Waals surface area contributed by atoms with E-state index < -0.39 is 0 Å². The maximum Gasteiger partial charge on any atom is 0.321 e. The first-order valence-corrected chi connectivity index (χ1v) is 8.77. The summed E-state index contributed by atoms with van der Waals surface area (Å²) in [5.74, 6) is 0.528. The van der Waals surface area contributed by atoms with Gasteiger partial charge in [0.1, 0.15) is 0 Å². The van der Waals surface area contributed by atoms with Gasteiger partial charge in [-0.05, 0) is 48.2 Å². The molecule has 2 aromatic rings. The largest absolute Gasteiger partial charge is 0.352 e. The second-order valence-corrected chi connectivity index (χ2v) is 6.40. The van der Waals surface area contributed by atoms with Crippen LogP contribution in [0.1, 0.15) is 18.4 Å². The van der Waals surface area contributed by atoms with Gasteiger partial charge in [0.05, 0.1) is 0 Å². The number of fused-ring (bicyclic) bond motifs is 1. The fraction of sp³-hybridized carbons (Fsp3) is 0.368. The SMILES string of the molecule is N=C(NCc1cccc2ccccc12)NC(=O)NCC1CCNCC1. The van der Waals surface area contributed by atoms with Crippen LogP contribution in [0.2, 0.25) is 0 Å². The number of amides is 2. The van der Waals surface area contributed by atoms with E-state index in [4.69, 9.17) is 5.41 Å². The first-order chi connectivity index (χ1) is 12.2. The van der Waals surface area contributed by atoms with Crippen LogP contribution in [-0.4, -0.2) is 31.6 Å². The third-order valence-corrected chi connectivity index (χ3v) is 4.58. The summed E-state index contributed by atoms with van der Waals surface area (Å²) in [5.41, 5.74) is 1.10. The lowest BCUT2D eigenvalue weighted by atomic mass is 9.98. The molecular weight excluding hydrogens is 314 g/mol. The Hall–Kier alpha value is -2.60. The van der Waals surface area contributed by atoms with E-state index in [-0.39, 0.29) is 12.0 Å². The van der Waals surface area contributed by atoms with Crippen molar-refractivity contribution in [2.75, 3.05) is 19.6 Å². The maximum atomic E-state index is 11.9. The maximum absolute atomic E-state index is 11.9. The third kappa shape index (κ3) is 4.93. The molecule has 6 heteroatoms. The molecule has 0 atom stereocenters.